The Balaban J connectivity index is 2.12. The maximum absolute atomic E-state index is 12.3. The second kappa shape index (κ2) is 6.02. The smallest absolute Gasteiger partial charge is 0.253 e. The molecule has 0 aliphatic carbocycles. The zero-order valence-electron chi connectivity index (χ0n) is 11.1. The van der Waals surface area contributed by atoms with Gasteiger partial charge in [0.05, 0.1) is 0 Å². The van der Waals surface area contributed by atoms with Crippen LogP contribution < -0.4 is 0 Å². The minimum atomic E-state index is 0.0377. The van der Waals surface area contributed by atoms with Gasteiger partial charge < -0.3 is 4.90 Å². The van der Waals surface area contributed by atoms with Gasteiger partial charge in [0.15, 0.2) is 0 Å². The van der Waals surface area contributed by atoms with Gasteiger partial charge in [-0.3, -0.25) is 4.79 Å². The van der Waals surface area contributed by atoms with E-state index in [4.69, 9.17) is 0 Å². The van der Waals surface area contributed by atoms with E-state index >= 15 is 0 Å². The van der Waals surface area contributed by atoms with Crippen LogP contribution >= 0.6 is 15.9 Å². The summed E-state index contributed by atoms with van der Waals surface area (Å²) in [5, 5.41) is 0. The van der Waals surface area contributed by atoms with Crippen molar-refractivity contribution in [2.75, 3.05) is 7.05 Å². The molecule has 0 aromatic heterocycles. The van der Waals surface area contributed by atoms with Crippen molar-refractivity contribution in [3.8, 4) is 0 Å². The number of aryl methyl sites for hydroxylation is 1. The first-order chi connectivity index (χ1) is 9.08. The number of hydrogen-bond acceptors (Lipinski definition) is 1. The number of carbonyl (C=O) groups is 1. The molecule has 0 aliphatic rings. The molecular formula is C16H16BrNO. The van der Waals surface area contributed by atoms with Crippen molar-refractivity contribution in [2.45, 2.75) is 13.5 Å². The lowest BCUT2D eigenvalue weighted by Crippen LogP contribution is -2.26. The van der Waals surface area contributed by atoms with Crippen molar-refractivity contribution in [3.63, 3.8) is 0 Å². The second-order valence-corrected chi connectivity index (χ2v) is 5.47. The van der Waals surface area contributed by atoms with Crippen LogP contribution in [0, 0.1) is 6.92 Å². The van der Waals surface area contributed by atoms with Crippen LogP contribution in [-0.4, -0.2) is 17.9 Å². The molecule has 1 amide bonds. The highest BCUT2D eigenvalue weighted by Gasteiger charge is 2.12. The van der Waals surface area contributed by atoms with Gasteiger partial charge in [0.2, 0.25) is 0 Å². The third-order valence-corrected chi connectivity index (χ3v) is 3.78. The van der Waals surface area contributed by atoms with E-state index in [1.807, 2.05) is 62.5 Å². The number of carbonyl (C=O) groups excluding carboxylic acids is 1. The minimum Gasteiger partial charge on any atom is -0.337 e. The molecule has 0 spiro atoms. The fourth-order valence-corrected chi connectivity index (χ4v) is 2.28. The molecule has 0 fully saturated rings. The molecular weight excluding hydrogens is 302 g/mol. The summed E-state index contributed by atoms with van der Waals surface area (Å²) in [5.41, 5.74) is 2.98. The van der Waals surface area contributed by atoms with Crippen molar-refractivity contribution in [2.24, 2.45) is 0 Å². The predicted octanol–water partition coefficient (Wildman–Crippen LogP) is 4.03. The molecule has 0 atom stereocenters. The van der Waals surface area contributed by atoms with Crippen molar-refractivity contribution in [1.29, 1.82) is 0 Å². The first kappa shape index (κ1) is 13.8. The SMILES string of the molecule is Cc1ccc(C(=O)N(C)Cc2ccccc2Br)cc1. The molecule has 2 aromatic rings. The van der Waals surface area contributed by atoms with Crippen LogP contribution in [0.5, 0.6) is 0 Å². The van der Waals surface area contributed by atoms with E-state index in [0.717, 1.165) is 21.2 Å². The molecule has 2 rings (SSSR count). The molecule has 0 saturated heterocycles. The van der Waals surface area contributed by atoms with Crippen LogP contribution in [0.25, 0.3) is 0 Å². The molecule has 19 heavy (non-hydrogen) atoms. The number of rotatable bonds is 3. The van der Waals surface area contributed by atoms with E-state index in [0.29, 0.717) is 6.54 Å². The number of amides is 1. The standard InChI is InChI=1S/C16H16BrNO/c1-12-7-9-13(10-8-12)16(19)18(2)11-14-5-3-4-6-15(14)17/h3-10H,11H2,1-2H3. The normalized spacial score (nSPS) is 10.3. The highest BCUT2D eigenvalue weighted by atomic mass is 79.9. The average Bonchev–Trinajstić information content (AvgIpc) is 2.41. The maximum Gasteiger partial charge on any atom is 0.253 e. The number of halogens is 1. The molecule has 3 heteroatoms. The van der Waals surface area contributed by atoms with Gasteiger partial charge in [-0.25, -0.2) is 0 Å². The van der Waals surface area contributed by atoms with Crippen LogP contribution in [0.1, 0.15) is 21.5 Å². The van der Waals surface area contributed by atoms with Crippen molar-refractivity contribution >= 4 is 21.8 Å². The fourth-order valence-electron chi connectivity index (χ4n) is 1.87. The highest BCUT2D eigenvalue weighted by Crippen LogP contribution is 2.18. The Hall–Kier alpha value is -1.61. The van der Waals surface area contributed by atoms with Gasteiger partial charge in [-0.1, -0.05) is 51.8 Å². The lowest BCUT2D eigenvalue weighted by Gasteiger charge is -2.18. The lowest BCUT2D eigenvalue weighted by atomic mass is 10.1. The van der Waals surface area contributed by atoms with Gasteiger partial charge in [-0.2, -0.15) is 0 Å². The summed E-state index contributed by atoms with van der Waals surface area (Å²) in [4.78, 5) is 14.0. The summed E-state index contributed by atoms with van der Waals surface area (Å²) < 4.78 is 1.03. The quantitative estimate of drug-likeness (QED) is 0.837. The molecule has 0 N–H and O–H groups in total. The van der Waals surface area contributed by atoms with Crippen LogP contribution in [0.15, 0.2) is 53.0 Å². The Morgan fingerprint density at radius 2 is 1.74 bits per heavy atom. The van der Waals surface area contributed by atoms with Crippen molar-refractivity contribution in [3.05, 3.63) is 69.7 Å². The summed E-state index contributed by atoms with van der Waals surface area (Å²) in [6.45, 7) is 2.60. The lowest BCUT2D eigenvalue weighted by molar-refractivity contribution is 0.0785. The zero-order valence-corrected chi connectivity index (χ0v) is 12.6. The Kier molecular flexibility index (Phi) is 4.38. The molecule has 98 valence electrons. The van der Waals surface area contributed by atoms with Crippen LogP contribution in [0.4, 0.5) is 0 Å². The van der Waals surface area contributed by atoms with E-state index in [9.17, 15) is 4.79 Å². The van der Waals surface area contributed by atoms with Gasteiger partial charge in [-0.05, 0) is 30.7 Å². The van der Waals surface area contributed by atoms with Crippen LogP contribution in [0.2, 0.25) is 0 Å². The third-order valence-electron chi connectivity index (χ3n) is 3.01. The van der Waals surface area contributed by atoms with Gasteiger partial charge in [-0.15, -0.1) is 0 Å². The molecule has 0 heterocycles. The van der Waals surface area contributed by atoms with Crippen LogP contribution in [-0.2, 0) is 6.54 Å². The second-order valence-electron chi connectivity index (χ2n) is 4.62. The molecule has 2 nitrogen and oxygen atoms in total. The first-order valence-electron chi connectivity index (χ1n) is 6.13. The van der Waals surface area contributed by atoms with E-state index in [2.05, 4.69) is 15.9 Å². The molecule has 0 unspecified atom stereocenters. The van der Waals surface area contributed by atoms with E-state index in [1.54, 1.807) is 4.90 Å². The summed E-state index contributed by atoms with van der Waals surface area (Å²) >= 11 is 3.50. The van der Waals surface area contributed by atoms with E-state index < -0.39 is 0 Å². The number of nitrogens with zero attached hydrogens (tertiary/aromatic N) is 1. The molecule has 0 aliphatic heterocycles. The third kappa shape index (κ3) is 3.44. The largest absolute Gasteiger partial charge is 0.337 e. The minimum absolute atomic E-state index is 0.0377. The Morgan fingerprint density at radius 3 is 2.37 bits per heavy atom. The van der Waals surface area contributed by atoms with Gasteiger partial charge in [0, 0.05) is 23.6 Å². The highest BCUT2D eigenvalue weighted by molar-refractivity contribution is 9.10. The summed E-state index contributed by atoms with van der Waals surface area (Å²) in [6.07, 6.45) is 0. The number of hydrogen-bond donors (Lipinski definition) is 0. The maximum atomic E-state index is 12.3. The Labute approximate surface area is 122 Å². The first-order valence-corrected chi connectivity index (χ1v) is 6.93. The molecule has 0 bridgehead atoms. The molecule has 0 saturated carbocycles. The summed E-state index contributed by atoms with van der Waals surface area (Å²) in [5.74, 6) is 0.0377. The average molecular weight is 318 g/mol. The van der Waals surface area contributed by atoms with E-state index in [-0.39, 0.29) is 5.91 Å². The van der Waals surface area contributed by atoms with Crippen molar-refractivity contribution in [1.82, 2.24) is 4.90 Å². The van der Waals surface area contributed by atoms with E-state index in [1.165, 1.54) is 0 Å². The van der Waals surface area contributed by atoms with Crippen molar-refractivity contribution < 1.29 is 4.79 Å². The number of benzene rings is 2. The summed E-state index contributed by atoms with van der Waals surface area (Å²) in [6, 6.07) is 15.6. The Bertz CT molecular complexity index is 578. The van der Waals surface area contributed by atoms with Gasteiger partial charge >= 0.3 is 0 Å². The molecule has 0 radical (unpaired) electrons. The zero-order chi connectivity index (χ0) is 13.8. The summed E-state index contributed by atoms with van der Waals surface area (Å²) in [7, 11) is 1.82. The van der Waals surface area contributed by atoms with Gasteiger partial charge in [0.25, 0.3) is 5.91 Å². The predicted molar refractivity (Wildman–Crippen MR) is 81.1 cm³/mol. The monoisotopic (exact) mass is 317 g/mol. The topological polar surface area (TPSA) is 20.3 Å². The Morgan fingerprint density at radius 1 is 1.11 bits per heavy atom. The van der Waals surface area contributed by atoms with Crippen LogP contribution in [0.3, 0.4) is 0 Å². The molecule has 2 aromatic carbocycles. The fraction of sp³-hybridized carbons (Fsp3) is 0.188. The van der Waals surface area contributed by atoms with Gasteiger partial charge in [0.1, 0.15) is 0 Å².